The third-order valence-corrected chi connectivity index (χ3v) is 5.95. The molecule has 0 saturated carbocycles. The fourth-order valence-corrected chi connectivity index (χ4v) is 4.02. The van der Waals surface area contributed by atoms with Crippen LogP contribution in [0.3, 0.4) is 0 Å². The molecular weight excluding hydrogens is 515 g/mol. The maximum absolute atomic E-state index is 11.8. The lowest BCUT2D eigenvalue weighted by Crippen LogP contribution is -2.09. The summed E-state index contributed by atoms with van der Waals surface area (Å²) >= 11 is 13.1. The number of aromatic nitrogens is 3. The molecule has 0 aliphatic heterocycles. The van der Waals surface area contributed by atoms with Gasteiger partial charge in [0, 0.05) is 23.9 Å². The number of hydrogen-bond acceptors (Lipinski definition) is 8. The van der Waals surface area contributed by atoms with E-state index in [1.807, 2.05) is 24.3 Å². The minimum Gasteiger partial charge on any atom is -0.495 e. The van der Waals surface area contributed by atoms with Crippen LogP contribution in [-0.2, 0) is 4.79 Å². The zero-order chi connectivity index (χ0) is 26.4. The molecule has 0 aliphatic carbocycles. The topological polar surface area (TPSA) is 110 Å². The number of anilines is 5. The number of rotatable bonds is 9. The molecule has 4 aromatic rings. The second kappa shape index (κ2) is 11.6. The maximum Gasteiger partial charge on any atom is 0.247 e. The molecule has 2 aromatic carbocycles. The van der Waals surface area contributed by atoms with Gasteiger partial charge < -0.3 is 25.4 Å². The quantitative estimate of drug-likeness (QED) is 0.208. The van der Waals surface area contributed by atoms with Crippen molar-refractivity contribution in [1.29, 1.82) is 0 Å². The Morgan fingerprint density at radius 1 is 0.919 bits per heavy atom. The van der Waals surface area contributed by atoms with Crippen LogP contribution in [0.15, 0.2) is 73.7 Å². The Kier molecular flexibility index (Phi) is 8.07. The molecule has 0 saturated heterocycles. The molecule has 3 N–H and O–H groups in total. The van der Waals surface area contributed by atoms with Gasteiger partial charge in [0.25, 0.3) is 0 Å². The van der Waals surface area contributed by atoms with Gasteiger partial charge in [-0.15, -0.1) is 0 Å². The number of para-hydroxylation sites is 2. The van der Waals surface area contributed by atoms with Crippen molar-refractivity contribution < 1.29 is 14.3 Å². The van der Waals surface area contributed by atoms with Gasteiger partial charge in [0.05, 0.1) is 37.0 Å². The lowest BCUT2D eigenvalue weighted by molar-refractivity contribution is -0.111. The molecule has 0 atom stereocenters. The van der Waals surface area contributed by atoms with E-state index < -0.39 is 0 Å². The van der Waals surface area contributed by atoms with Crippen molar-refractivity contribution in [3.8, 4) is 22.8 Å². The smallest absolute Gasteiger partial charge is 0.247 e. The zero-order valence-electron chi connectivity index (χ0n) is 19.9. The Morgan fingerprint density at radius 2 is 1.62 bits per heavy atom. The fourth-order valence-electron chi connectivity index (χ4n) is 3.42. The molecule has 0 aliphatic rings. The number of ether oxygens (including phenoxy) is 2. The Morgan fingerprint density at radius 3 is 2.30 bits per heavy atom. The van der Waals surface area contributed by atoms with Crippen molar-refractivity contribution in [3.63, 3.8) is 0 Å². The standard InChI is InChI=1S/C26H22Cl2N6O3/c1-4-22(35)33-17-10-6-5-9-16(17)32-21-12-18(30-14-31-21)15-8-7-11-29-26(15)34-25-23(27)19(36-2)13-20(37-3)24(25)28/h4-14H,1H2,2-3H3,(H,29,34)(H,33,35)(H,30,31,32). The highest BCUT2D eigenvalue weighted by molar-refractivity contribution is 6.41. The molecule has 11 heteroatoms. The van der Waals surface area contributed by atoms with Crippen LogP contribution in [-0.4, -0.2) is 35.1 Å². The molecule has 2 heterocycles. The molecule has 0 fully saturated rings. The van der Waals surface area contributed by atoms with Crippen LogP contribution in [0.2, 0.25) is 10.0 Å². The lowest BCUT2D eigenvalue weighted by Gasteiger charge is -2.17. The van der Waals surface area contributed by atoms with Crippen LogP contribution in [0.25, 0.3) is 11.3 Å². The second-order valence-electron chi connectivity index (χ2n) is 7.46. The average Bonchev–Trinajstić information content (AvgIpc) is 2.92. The highest BCUT2D eigenvalue weighted by Crippen LogP contribution is 2.45. The summed E-state index contributed by atoms with van der Waals surface area (Å²) in [5, 5.41) is 9.71. The second-order valence-corrected chi connectivity index (χ2v) is 8.22. The van der Waals surface area contributed by atoms with E-state index in [0.717, 1.165) is 0 Å². The molecular formula is C26H22Cl2N6O3. The molecule has 0 unspecified atom stereocenters. The summed E-state index contributed by atoms with van der Waals surface area (Å²) in [6, 6.07) is 14.2. The first-order chi connectivity index (χ1) is 17.9. The predicted molar refractivity (Wildman–Crippen MR) is 147 cm³/mol. The van der Waals surface area contributed by atoms with E-state index in [4.69, 9.17) is 32.7 Å². The summed E-state index contributed by atoms with van der Waals surface area (Å²) in [7, 11) is 3.00. The van der Waals surface area contributed by atoms with Gasteiger partial charge in [-0.2, -0.15) is 0 Å². The Balaban J connectivity index is 1.69. The van der Waals surface area contributed by atoms with E-state index in [0.29, 0.717) is 51.5 Å². The number of nitrogens with one attached hydrogen (secondary N) is 3. The first-order valence-electron chi connectivity index (χ1n) is 10.9. The summed E-state index contributed by atoms with van der Waals surface area (Å²) in [6.07, 6.45) is 4.25. The first-order valence-corrected chi connectivity index (χ1v) is 11.6. The number of carbonyl (C=O) groups is 1. The molecule has 4 rings (SSSR count). The molecule has 188 valence electrons. The summed E-state index contributed by atoms with van der Waals surface area (Å²) in [6.45, 7) is 3.49. The SMILES string of the molecule is C=CC(=O)Nc1ccccc1Nc1cc(-c2cccnc2Nc2c(Cl)c(OC)cc(OC)c2Cl)ncn1. The highest BCUT2D eigenvalue weighted by atomic mass is 35.5. The molecule has 0 spiro atoms. The Hall–Kier alpha value is -4.34. The van der Waals surface area contributed by atoms with Crippen molar-refractivity contribution in [1.82, 2.24) is 15.0 Å². The third-order valence-electron chi connectivity index (χ3n) is 5.20. The Bertz CT molecular complexity index is 1440. The van der Waals surface area contributed by atoms with E-state index in [1.165, 1.54) is 26.6 Å². The number of nitrogens with zero attached hydrogens (tertiary/aromatic N) is 3. The minimum absolute atomic E-state index is 0.271. The molecule has 37 heavy (non-hydrogen) atoms. The van der Waals surface area contributed by atoms with Gasteiger partial charge >= 0.3 is 0 Å². The van der Waals surface area contributed by atoms with Gasteiger partial charge in [0.1, 0.15) is 39.5 Å². The minimum atomic E-state index is -0.324. The summed E-state index contributed by atoms with van der Waals surface area (Å²) < 4.78 is 10.7. The summed E-state index contributed by atoms with van der Waals surface area (Å²) in [5.41, 5.74) is 2.83. The number of pyridine rings is 1. The Labute approximate surface area is 223 Å². The molecule has 2 aromatic heterocycles. The predicted octanol–water partition coefficient (Wildman–Crippen LogP) is 6.47. The van der Waals surface area contributed by atoms with Gasteiger partial charge in [-0.05, 0) is 30.3 Å². The monoisotopic (exact) mass is 536 g/mol. The maximum atomic E-state index is 11.8. The van der Waals surface area contributed by atoms with E-state index >= 15 is 0 Å². The van der Waals surface area contributed by atoms with Crippen LogP contribution in [0.1, 0.15) is 0 Å². The largest absolute Gasteiger partial charge is 0.495 e. The van der Waals surface area contributed by atoms with E-state index in [9.17, 15) is 4.79 Å². The number of amides is 1. The number of carbonyl (C=O) groups excluding carboxylic acids is 1. The normalized spacial score (nSPS) is 10.4. The van der Waals surface area contributed by atoms with E-state index in [-0.39, 0.29) is 16.0 Å². The van der Waals surface area contributed by atoms with Crippen molar-refractivity contribution in [2.24, 2.45) is 0 Å². The van der Waals surface area contributed by atoms with E-state index in [1.54, 1.807) is 30.5 Å². The van der Waals surface area contributed by atoms with Crippen LogP contribution in [0.4, 0.5) is 28.7 Å². The van der Waals surface area contributed by atoms with Crippen LogP contribution < -0.4 is 25.4 Å². The van der Waals surface area contributed by atoms with Crippen LogP contribution in [0, 0.1) is 0 Å². The lowest BCUT2D eigenvalue weighted by atomic mass is 10.1. The molecule has 0 radical (unpaired) electrons. The van der Waals surface area contributed by atoms with Crippen molar-refractivity contribution in [2.75, 3.05) is 30.2 Å². The highest BCUT2D eigenvalue weighted by Gasteiger charge is 2.19. The van der Waals surface area contributed by atoms with Crippen LogP contribution in [0.5, 0.6) is 11.5 Å². The van der Waals surface area contributed by atoms with Gasteiger partial charge in [-0.25, -0.2) is 15.0 Å². The fraction of sp³-hybridized carbons (Fsp3) is 0.0769. The van der Waals surface area contributed by atoms with Gasteiger partial charge in [0.2, 0.25) is 5.91 Å². The number of halogens is 2. The number of methoxy groups -OCH3 is 2. The van der Waals surface area contributed by atoms with Gasteiger partial charge in [-0.1, -0.05) is 41.9 Å². The average molecular weight is 537 g/mol. The number of hydrogen-bond donors (Lipinski definition) is 3. The van der Waals surface area contributed by atoms with Crippen LogP contribution >= 0.6 is 23.2 Å². The van der Waals surface area contributed by atoms with Gasteiger partial charge in [0.15, 0.2) is 0 Å². The molecule has 1 amide bonds. The molecule has 9 nitrogen and oxygen atoms in total. The van der Waals surface area contributed by atoms with Crippen molar-refractivity contribution in [2.45, 2.75) is 0 Å². The van der Waals surface area contributed by atoms with Crippen molar-refractivity contribution >= 4 is 57.8 Å². The van der Waals surface area contributed by atoms with Gasteiger partial charge in [-0.3, -0.25) is 4.79 Å². The third kappa shape index (κ3) is 5.74. The zero-order valence-corrected chi connectivity index (χ0v) is 21.4. The number of benzene rings is 2. The summed E-state index contributed by atoms with van der Waals surface area (Å²) in [4.78, 5) is 25.0. The summed E-state index contributed by atoms with van der Waals surface area (Å²) in [5.74, 6) is 1.40. The molecule has 0 bridgehead atoms. The first kappa shape index (κ1) is 25.7. The van der Waals surface area contributed by atoms with E-state index in [2.05, 4.69) is 37.5 Å². The van der Waals surface area contributed by atoms with Crippen molar-refractivity contribution in [3.05, 3.63) is 83.8 Å².